The first kappa shape index (κ1) is 17.6. The summed E-state index contributed by atoms with van der Waals surface area (Å²) in [6, 6.07) is 5.41. The van der Waals surface area contributed by atoms with Crippen molar-refractivity contribution in [2.75, 3.05) is 11.6 Å². The standard InChI is InChI=1S/C15H17ClN2O4S/c1-9(6-13(19)20)17-14(21)12-7-23-8-18(12)15(22)10-2-4-11(16)5-3-10/h2-5,9,12H,6-8H2,1H3,(H,17,21)(H,19,20). The minimum Gasteiger partial charge on any atom is -0.481 e. The zero-order chi connectivity index (χ0) is 17.0. The number of carboxylic acid groups (broad SMARTS) is 1. The summed E-state index contributed by atoms with van der Waals surface area (Å²) in [5.41, 5.74) is 0.466. The third-order valence-electron chi connectivity index (χ3n) is 3.41. The van der Waals surface area contributed by atoms with E-state index in [1.165, 1.54) is 16.7 Å². The first-order chi connectivity index (χ1) is 10.9. The maximum atomic E-state index is 12.5. The van der Waals surface area contributed by atoms with Gasteiger partial charge in [0.2, 0.25) is 5.91 Å². The van der Waals surface area contributed by atoms with Crippen molar-refractivity contribution in [3.63, 3.8) is 0 Å². The van der Waals surface area contributed by atoms with Crippen LogP contribution in [0.5, 0.6) is 0 Å². The van der Waals surface area contributed by atoms with Crippen molar-refractivity contribution in [2.45, 2.75) is 25.4 Å². The molecule has 1 aliphatic heterocycles. The second-order valence-corrected chi connectivity index (χ2v) is 6.74. The Balaban J connectivity index is 2.04. The quantitative estimate of drug-likeness (QED) is 0.840. The Morgan fingerprint density at radius 2 is 2.04 bits per heavy atom. The van der Waals surface area contributed by atoms with Crippen LogP contribution in [0.25, 0.3) is 0 Å². The summed E-state index contributed by atoms with van der Waals surface area (Å²) in [6.07, 6.45) is -0.156. The Hall–Kier alpha value is -1.73. The summed E-state index contributed by atoms with van der Waals surface area (Å²) >= 11 is 7.30. The minimum absolute atomic E-state index is 0.156. The Labute approximate surface area is 143 Å². The summed E-state index contributed by atoms with van der Waals surface area (Å²) in [7, 11) is 0. The number of amides is 2. The van der Waals surface area contributed by atoms with E-state index in [0.717, 1.165) is 0 Å². The van der Waals surface area contributed by atoms with Crippen LogP contribution in [-0.2, 0) is 9.59 Å². The Bertz CT molecular complexity index is 608. The van der Waals surface area contributed by atoms with Gasteiger partial charge in [-0.15, -0.1) is 11.8 Å². The lowest BCUT2D eigenvalue weighted by atomic mass is 10.1. The van der Waals surface area contributed by atoms with Gasteiger partial charge in [-0.3, -0.25) is 14.4 Å². The molecule has 6 nitrogen and oxygen atoms in total. The van der Waals surface area contributed by atoms with Crippen molar-refractivity contribution in [1.29, 1.82) is 0 Å². The molecule has 1 aromatic rings. The number of aliphatic carboxylic acids is 1. The molecule has 0 spiro atoms. The molecule has 0 radical (unpaired) electrons. The van der Waals surface area contributed by atoms with Gasteiger partial charge in [0.15, 0.2) is 0 Å². The SMILES string of the molecule is CC(CC(=O)O)NC(=O)C1CSCN1C(=O)c1ccc(Cl)cc1. The van der Waals surface area contributed by atoms with Crippen LogP contribution >= 0.6 is 23.4 Å². The summed E-state index contributed by atoms with van der Waals surface area (Å²) in [4.78, 5) is 37.0. The van der Waals surface area contributed by atoms with Gasteiger partial charge in [0.1, 0.15) is 6.04 Å². The number of hydrogen-bond donors (Lipinski definition) is 2. The van der Waals surface area contributed by atoms with Gasteiger partial charge in [-0.05, 0) is 31.2 Å². The zero-order valence-electron chi connectivity index (χ0n) is 12.5. The number of benzene rings is 1. The molecule has 1 aromatic carbocycles. The van der Waals surface area contributed by atoms with E-state index < -0.39 is 18.1 Å². The Morgan fingerprint density at radius 3 is 2.65 bits per heavy atom. The number of halogens is 1. The van der Waals surface area contributed by atoms with Crippen molar-refractivity contribution in [1.82, 2.24) is 10.2 Å². The average Bonchev–Trinajstić information content (AvgIpc) is 2.95. The van der Waals surface area contributed by atoms with E-state index in [0.29, 0.717) is 22.2 Å². The van der Waals surface area contributed by atoms with Gasteiger partial charge in [-0.25, -0.2) is 0 Å². The highest BCUT2D eigenvalue weighted by Gasteiger charge is 2.35. The molecule has 2 unspecified atom stereocenters. The lowest BCUT2D eigenvalue weighted by molar-refractivity contribution is -0.137. The summed E-state index contributed by atoms with van der Waals surface area (Å²) in [6.45, 7) is 1.62. The van der Waals surface area contributed by atoms with Crippen molar-refractivity contribution >= 4 is 41.1 Å². The number of carboxylic acids is 1. The minimum atomic E-state index is -0.979. The molecule has 2 N–H and O–H groups in total. The van der Waals surface area contributed by atoms with Crippen LogP contribution in [0.3, 0.4) is 0 Å². The van der Waals surface area contributed by atoms with E-state index in [1.807, 2.05) is 0 Å². The van der Waals surface area contributed by atoms with Gasteiger partial charge in [-0.2, -0.15) is 0 Å². The van der Waals surface area contributed by atoms with Crippen molar-refractivity contribution < 1.29 is 19.5 Å². The molecule has 8 heteroatoms. The number of rotatable bonds is 5. The predicted molar refractivity (Wildman–Crippen MR) is 88.6 cm³/mol. The number of hydrogen-bond acceptors (Lipinski definition) is 4. The number of carbonyl (C=O) groups is 3. The van der Waals surface area contributed by atoms with Gasteiger partial charge >= 0.3 is 5.97 Å². The van der Waals surface area contributed by atoms with Crippen LogP contribution < -0.4 is 5.32 Å². The van der Waals surface area contributed by atoms with Crippen LogP contribution in [-0.4, -0.2) is 51.5 Å². The topological polar surface area (TPSA) is 86.7 Å². The van der Waals surface area contributed by atoms with E-state index in [9.17, 15) is 14.4 Å². The van der Waals surface area contributed by atoms with Gasteiger partial charge in [0, 0.05) is 22.4 Å². The summed E-state index contributed by atoms with van der Waals surface area (Å²) in [5, 5.41) is 11.9. The molecule has 2 atom stereocenters. The molecule has 1 heterocycles. The highest BCUT2D eigenvalue weighted by atomic mass is 35.5. The van der Waals surface area contributed by atoms with Gasteiger partial charge in [-0.1, -0.05) is 11.6 Å². The molecule has 0 aliphatic carbocycles. The third-order valence-corrected chi connectivity index (χ3v) is 4.67. The average molecular weight is 357 g/mol. The highest BCUT2D eigenvalue weighted by Crippen LogP contribution is 2.24. The lowest BCUT2D eigenvalue weighted by Gasteiger charge is -2.24. The van der Waals surface area contributed by atoms with Crippen LogP contribution in [0.2, 0.25) is 5.02 Å². The molecule has 1 aliphatic rings. The molecular weight excluding hydrogens is 340 g/mol. The first-order valence-electron chi connectivity index (χ1n) is 7.05. The highest BCUT2D eigenvalue weighted by molar-refractivity contribution is 7.99. The van der Waals surface area contributed by atoms with Crippen LogP contribution in [0.4, 0.5) is 0 Å². The fraction of sp³-hybridized carbons (Fsp3) is 0.400. The monoisotopic (exact) mass is 356 g/mol. The molecule has 2 amide bonds. The van der Waals surface area contributed by atoms with Gasteiger partial charge in [0.05, 0.1) is 12.3 Å². The van der Waals surface area contributed by atoms with Crippen LogP contribution in [0, 0.1) is 0 Å². The van der Waals surface area contributed by atoms with Crippen molar-refractivity contribution in [3.05, 3.63) is 34.9 Å². The lowest BCUT2D eigenvalue weighted by Crippen LogP contribution is -2.49. The smallest absolute Gasteiger partial charge is 0.305 e. The number of nitrogens with one attached hydrogen (secondary N) is 1. The summed E-state index contributed by atoms with van der Waals surface area (Å²) in [5.74, 6) is -0.630. The predicted octanol–water partition coefficient (Wildman–Crippen LogP) is 1.83. The van der Waals surface area contributed by atoms with Crippen LogP contribution in [0.1, 0.15) is 23.7 Å². The fourth-order valence-corrected chi connectivity index (χ4v) is 3.55. The fourth-order valence-electron chi connectivity index (χ4n) is 2.27. The second-order valence-electron chi connectivity index (χ2n) is 5.31. The van der Waals surface area contributed by atoms with E-state index in [1.54, 1.807) is 31.2 Å². The molecule has 0 bridgehead atoms. The molecule has 124 valence electrons. The normalized spacial score (nSPS) is 18.5. The first-order valence-corrected chi connectivity index (χ1v) is 8.58. The van der Waals surface area contributed by atoms with E-state index >= 15 is 0 Å². The van der Waals surface area contributed by atoms with E-state index in [-0.39, 0.29) is 18.2 Å². The Morgan fingerprint density at radius 1 is 1.39 bits per heavy atom. The van der Waals surface area contributed by atoms with Crippen molar-refractivity contribution in [2.24, 2.45) is 0 Å². The molecule has 0 aromatic heterocycles. The molecule has 1 saturated heterocycles. The third kappa shape index (κ3) is 4.62. The second kappa shape index (κ2) is 7.70. The number of carbonyl (C=O) groups excluding carboxylic acids is 2. The molecule has 2 rings (SSSR count). The van der Waals surface area contributed by atoms with Gasteiger partial charge < -0.3 is 15.3 Å². The number of nitrogens with zero attached hydrogens (tertiary/aromatic N) is 1. The van der Waals surface area contributed by atoms with Crippen LogP contribution in [0.15, 0.2) is 24.3 Å². The van der Waals surface area contributed by atoms with Gasteiger partial charge in [0.25, 0.3) is 5.91 Å². The molecule has 23 heavy (non-hydrogen) atoms. The summed E-state index contributed by atoms with van der Waals surface area (Å²) < 4.78 is 0. The number of thioether (sulfide) groups is 1. The molecule has 1 fully saturated rings. The van der Waals surface area contributed by atoms with E-state index in [4.69, 9.17) is 16.7 Å². The molecule has 0 saturated carbocycles. The van der Waals surface area contributed by atoms with E-state index in [2.05, 4.69) is 5.32 Å². The van der Waals surface area contributed by atoms with Crippen molar-refractivity contribution in [3.8, 4) is 0 Å². The maximum Gasteiger partial charge on any atom is 0.305 e. The largest absolute Gasteiger partial charge is 0.481 e. The maximum absolute atomic E-state index is 12.5. The zero-order valence-corrected chi connectivity index (χ0v) is 14.1. The Kier molecular flexibility index (Phi) is 5.90. The molecular formula is C15H17ClN2O4S.